The molecule has 2 aromatic rings. The largest absolute Gasteiger partial charge is 0.507 e. The van der Waals surface area contributed by atoms with Crippen molar-refractivity contribution in [1.82, 2.24) is 10.9 Å². The van der Waals surface area contributed by atoms with Crippen molar-refractivity contribution in [3.63, 3.8) is 0 Å². The van der Waals surface area contributed by atoms with E-state index in [9.17, 15) is 19.5 Å². The van der Waals surface area contributed by atoms with E-state index >= 15 is 0 Å². The van der Waals surface area contributed by atoms with Gasteiger partial charge in [-0.15, -0.1) is 0 Å². The van der Waals surface area contributed by atoms with E-state index in [2.05, 4.69) is 10.9 Å². The SMILES string of the molecule is O=C(COC(=O)c1ccc(Cl)cc1O)NNC(=O)[C@@H]1COc2ccccc2O1. The number of ether oxygens (including phenoxy) is 3. The van der Waals surface area contributed by atoms with Crippen LogP contribution in [0.5, 0.6) is 17.2 Å². The van der Waals surface area contributed by atoms with Gasteiger partial charge in [0.2, 0.25) is 6.10 Å². The maximum atomic E-state index is 12.1. The van der Waals surface area contributed by atoms with Gasteiger partial charge in [0.15, 0.2) is 18.1 Å². The van der Waals surface area contributed by atoms with Crippen LogP contribution in [0.4, 0.5) is 0 Å². The quantitative estimate of drug-likeness (QED) is 0.514. The van der Waals surface area contributed by atoms with Crippen molar-refractivity contribution in [3.8, 4) is 17.2 Å². The minimum Gasteiger partial charge on any atom is -0.507 e. The number of hydrogen-bond acceptors (Lipinski definition) is 7. The van der Waals surface area contributed by atoms with Crippen LogP contribution < -0.4 is 20.3 Å². The van der Waals surface area contributed by atoms with Gasteiger partial charge < -0.3 is 19.3 Å². The molecule has 0 saturated carbocycles. The number of benzene rings is 2. The van der Waals surface area contributed by atoms with Gasteiger partial charge in [-0.2, -0.15) is 0 Å². The van der Waals surface area contributed by atoms with Gasteiger partial charge in [0.05, 0.1) is 0 Å². The summed E-state index contributed by atoms with van der Waals surface area (Å²) in [5.74, 6) is -1.78. The van der Waals surface area contributed by atoms with E-state index in [-0.39, 0.29) is 22.9 Å². The fraction of sp³-hybridized carbons (Fsp3) is 0.167. The summed E-state index contributed by atoms with van der Waals surface area (Å²) in [6.07, 6.45) is -0.955. The molecule has 10 heteroatoms. The van der Waals surface area contributed by atoms with Gasteiger partial charge in [-0.3, -0.25) is 20.4 Å². The Kier molecular flexibility index (Phi) is 5.85. The molecule has 2 amide bonds. The molecule has 0 aromatic heterocycles. The molecular weight excluding hydrogens is 392 g/mol. The number of esters is 1. The van der Waals surface area contributed by atoms with E-state index in [0.717, 1.165) is 0 Å². The number of aromatic hydroxyl groups is 1. The molecule has 3 rings (SSSR count). The van der Waals surface area contributed by atoms with Crippen molar-refractivity contribution in [2.75, 3.05) is 13.2 Å². The smallest absolute Gasteiger partial charge is 0.342 e. The Labute approximate surface area is 164 Å². The van der Waals surface area contributed by atoms with Crippen LogP contribution in [0.15, 0.2) is 42.5 Å². The number of phenolic OH excluding ortho intramolecular Hbond substituents is 1. The number of rotatable bonds is 4. The van der Waals surface area contributed by atoms with Gasteiger partial charge in [-0.25, -0.2) is 4.79 Å². The zero-order valence-corrected chi connectivity index (χ0v) is 15.1. The molecule has 28 heavy (non-hydrogen) atoms. The molecule has 0 aliphatic carbocycles. The first-order valence-corrected chi connectivity index (χ1v) is 8.44. The Morgan fingerprint density at radius 3 is 2.64 bits per heavy atom. The average molecular weight is 407 g/mol. The standard InChI is InChI=1S/C18H15ClN2O7/c19-10-5-6-11(12(22)7-10)18(25)27-9-16(23)20-21-17(24)15-8-26-13-3-1-2-4-14(13)28-15/h1-7,15,22H,8-9H2,(H,20,23)(H,21,24)/t15-/m0/s1. The predicted molar refractivity (Wildman–Crippen MR) is 96.0 cm³/mol. The highest BCUT2D eigenvalue weighted by atomic mass is 35.5. The number of nitrogens with one attached hydrogen (secondary N) is 2. The zero-order valence-electron chi connectivity index (χ0n) is 14.3. The number of hydrazine groups is 1. The first kappa shape index (κ1) is 19.3. The summed E-state index contributed by atoms with van der Waals surface area (Å²) in [6, 6.07) is 10.7. The van der Waals surface area contributed by atoms with Gasteiger partial charge in [0.1, 0.15) is 17.9 Å². The second-order valence-electron chi connectivity index (χ2n) is 5.64. The van der Waals surface area contributed by atoms with Gasteiger partial charge in [0, 0.05) is 5.02 Å². The molecule has 0 unspecified atom stereocenters. The molecule has 3 N–H and O–H groups in total. The van der Waals surface area contributed by atoms with Crippen molar-refractivity contribution in [2.45, 2.75) is 6.10 Å². The number of fused-ring (bicyclic) bond motifs is 1. The van der Waals surface area contributed by atoms with Crippen molar-refractivity contribution in [1.29, 1.82) is 0 Å². The summed E-state index contributed by atoms with van der Waals surface area (Å²) in [6.45, 7) is -0.699. The molecule has 2 aromatic carbocycles. The van der Waals surface area contributed by atoms with Crippen LogP contribution in [0.1, 0.15) is 10.4 Å². The number of hydrogen-bond donors (Lipinski definition) is 3. The fourth-order valence-corrected chi connectivity index (χ4v) is 2.45. The third kappa shape index (κ3) is 4.63. The highest BCUT2D eigenvalue weighted by molar-refractivity contribution is 6.30. The summed E-state index contributed by atoms with van der Waals surface area (Å²) in [4.78, 5) is 35.7. The number of phenols is 1. The fourth-order valence-electron chi connectivity index (χ4n) is 2.28. The van der Waals surface area contributed by atoms with E-state index < -0.39 is 30.5 Å². The molecule has 146 valence electrons. The van der Waals surface area contributed by atoms with Crippen molar-refractivity contribution in [3.05, 3.63) is 53.1 Å². The molecule has 0 radical (unpaired) electrons. The predicted octanol–water partition coefficient (Wildman–Crippen LogP) is 1.19. The maximum Gasteiger partial charge on any atom is 0.342 e. The van der Waals surface area contributed by atoms with E-state index in [1.54, 1.807) is 24.3 Å². The molecule has 1 heterocycles. The van der Waals surface area contributed by atoms with Crippen molar-refractivity contribution < 1.29 is 33.7 Å². The molecule has 0 spiro atoms. The molecule has 9 nitrogen and oxygen atoms in total. The van der Waals surface area contributed by atoms with Gasteiger partial charge in [-0.1, -0.05) is 23.7 Å². The van der Waals surface area contributed by atoms with Crippen molar-refractivity contribution >= 4 is 29.4 Å². The summed E-state index contributed by atoms with van der Waals surface area (Å²) in [5, 5.41) is 9.89. The van der Waals surface area contributed by atoms with Crippen LogP contribution in [-0.4, -0.2) is 42.2 Å². The number of amides is 2. The average Bonchev–Trinajstić information content (AvgIpc) is 2.69. The molecule has 0 bridgehead atoms. The Balaban J connectivity index is 1.44. The van der Waals surface area contributed by atoms with E-state index in [1.165, 1.54) is 18.2 Å². The van der Waals surface area contributed by atoms with Crippen molar-refractivity contribution in [2.24, 2.45) is 0 Å². The number of carbonyl (C=O) groups excluding carboxylic acids is 3. The summed E-state index contributed by atoms with van der Waals surface area (Å²) < 4.78 is 15.7. The van der Waals surface area contributed by atoms with Crippen LogP contribution in [0, 0.1) is 0 Å². The van der Waals surface area contributed by atoms with Crippen LogP contribution in [0.25, 0.3) is 0 Å². The first-order chi connectivity index (χ1) is 13.4. The van der Waals surface area contributed by atoms with Gasteiger partial charge in [-0.05, 0) is 30.3 Å². The van der Waals surface area contributed by atoms with Crippen LogP contribution in [0.3, 0.4) is 0 Å². The topological polar surface area (TPSA) is 123 Å². The van der Waals surface area contributed by atoms with E-state index in [4.69, 9.17) is 25.8 Å². The third-order valence-corrected chi connectivity index (χ3v) is 3.88. The Hall–Kier alpha value is -3.46. The maximum absolute atomic E-state index is 12.1. The lowest BCUT2D eigenvalue weighted by Crippen LogP contribution is -2.51. The molecule has 0 saturated heterocycles. The van der Waals surface area contributed by atoms with E-state index in [1.807, 2.05) is 0 Å². The lowest BCUT2D eigenvalue weighted by molar-refractivity contribution is -0.135. The molecule has 1 aliphatic rings. The van der Waals surface area contributed by atoms with Crippen LogP contribution >= 0.6 is 11.6 Å². The summed E-state index contributed by atoms with van der Waals surface area (Å²) >= 11 is 5.68. The summed E-state index contributed by atoms with van der Waals surface area (Å²) in [7, 11) is 0. The Morgan fingerprint density at radius 2 is 1.89 bits per heavy atom. The highest BCUT2D eigenvalue weighted by Gasteiger charge is 2.27. The van der Waals surface area contributed by atoms with Crippen LogP contribution in [0.2, 0.25) is 5.02 Å². The first-order valence-electron chi connectivity index (χ1n) is 8.07. The highest BCUT2D eigenvalue weighted by Crippen LogP contribution is 2.30. The molecular formula is C18H15ClN2O7. The Morgan fingerprint density at radius 1 is 1.14 bits per heavy atom. The number of halogens is 1. The molecule has 1 atom stereocenters. The molecule has 1 aliphatic heterocycles. The second-order valence-corrected chi connectivity index (χ2v) is 6.08. The van der Waals surface area contributed by atoms with Gasteiger partial charge >= 0.3 is 5.97 Å². The Bertz CT molecular complexity index is 919. The van der Waals surface area contributed by atoms with Gasteiger partial charge in [0.25, 0.3) is 11.8 Å². The minimum absolute atomic E-state index is 0.0243. The molecule has 0 fully saturated rings. The third-order valence-electron chi connectivity index (χ3n) is 3.64. The normalized spacial score (nSPS) is 14.7. The summed E-state index contributed by atoms with van der Waals surface area (Å²) in [5.41, 5.74) is 4.12. The number of para-hydroxylation sites is 2. The zero-order chi connectivity index (χ0) is 20.1. The second kappa shape index (κ2) is 8.49. The van der Waals surface area contributed by atoms with E-state index in [0.29, 0.717) is 11.5 Å². The monoisotopic (exact) mass is 406 g/mol. The van der Waals surface area contributed by atoms with Crippen LogP contribution in [-0.2, 0) is 14.3 Å². The lowest BCUT2D eigenvalue weighted by Gasteiger charge is -2.25. The lowest BCUT2D eigenvalue weighted by atomic mass is 10.2. The number of carbonyl (C=O) groups is 3. The minimum atomic E-state index is -0.955.